The summed E-state index contributed by atoms with van der Waals surface area (Å²) in [5.74, 6) is 1.15. The van der Waals surface area contributed by atoms with Crippen LogP contribution in [0.25, 0.3) is 16.6 Å². The van der Waals surface area contributed by atoms with E-state index in [4.69, 9.17) is 0 Å². The molecule has 3 aromatic rings. The number of benzene rings is 1. The van der Waals surface area contributed by atoms with Gasteiger partial charge in [-0.25, -0.2) is 4.68 Å². The molecule has 0 unspecified atom stereocenters. The number of rotatable bonds is 5. The molecule has 1 aromatic carbocycles. The molecule has 1 saturated carbocycles. The van der Waals surface area contributed by atoms with Gasteiger partial charge in [-0.3, -0.25) is 4.79 Å². The van der Waals surface area contributed by atoms with E-state index >= 15 is 0 Å². The lowest BCUT2D eigenvalue weighted by Gasteiger charge is -2.22. The molecule has 0 spiro atoms. The highest BCUT2D eigenvalue weighted by atomic mass is 32.2. The molecule has 1 amide bonds. The fraction of sp³-hybridized carbons (Fsp3) is 0.429. The highest BCUT2D eigenvalue weighted by Crippen LogP contribution is 2.29. The van der Waals surface area contributed by atoms with E-state index in [-0.39, 0.29) is 5.91 Å². The number of aromatic nitrogens is 4. The molecule has 1 aliphatic carbocycles. The first-order valence-electron chi connectivity index (χ1n) is 9.83. The normalized spacial score (nSPS) is 15.1. The van der Waals surface area contributed by atoms with Crippen LogP contribution >= 0.6 is 11.8 Å². The van der Waals surface area contributed by atoms with Gasteiger partial charge in [0, 0.05) is 22.5 Å². The molecule has 146 valence electrons. The van der Waals surface area contributed by atoms with Gasteiger partial charge in [0.15, 0.2) is 5.82 Å². The van der Waals surface area contributed by atoms with E-state index in [1.54, 1.807) is 0 Å². The van der Waals surface area contributed by atoms with E-state index in [0.29, 0.717) is 11.8 Å². The van der Waals surface area contributed by atoms with Gasteiger partial charge in [-0.1, -0.05) is 55.3 Å². The molecule has 0 bridgehead atoms. The Morgan fingerprint density at radius 1 is 1.14 bits per heavy atom. The second kappa shape index (κ2) is 8.31. The zero-order valence-corrected chi connectivity index (χ0v) is 17.1. The first-order chi connectivity index (χ1) is 13.6. The quantitative estimate of drug-likeness (QED) is 0.662. The summed E-state index contributed by atoms with van der Waals surface area (Å²) >= 11 is 1.44. The molecule has 2 heterocycles. The van der Waals surface area contributed by atoms with Crippen LogP contribution in [0.5, 0.6) is 0 Å². The van der Waals surface area contributed by atoms with Crippen LogP contribution < -0.4 is 5.32 Å². The second-order valence-corrected chi connectivity index (χ2v) is 8.37. The van der Waals surface area contributed by atoms with Crippen LogP contribution in [0.4, 0.5) is 0 Å². The standard InChI is InChI=1S/C21H25N5OS/c1-14-12-15(2)26(25-14)20-17-10-6-7-11-18(17)21(24-23-20)28-13-19(27)22-16-8-4-3-5-9-16/h6-7,10-12,16H,3-5,8-9,13H2,1-2H3,(H,22,27). The average molecular weight is 396 g/mol. The van der Waals surface area contributed by atoms with Crippen molar-refractivity contribution < 1.29 is 4.79 Å². The van der Waals surface area contributed by atoms with E-state index in [2.05, 4.69) is 20.6 Å². The van der Waals surface area contributed by atoms with Crippen molar-refractivity contribution in [1.82, 2.24) is 25.3 Å². The monoisotopic (exact) mass is 395 g/mol. The summed E-state index contributed by atoms with van der Waals surface area (Å²) < 4.78 is 1.83. The Hall–Kier alpha value is -2.41. The fourth-order valence-electron chi connectivity index (χ4n) is 3.82. The SMILES string of the molecule is Cc1cc(C)n(-c2nnc(SCC(=O)NC3CCCCC3)c3ccccc23)n1. The molecule has 28 heavy (non-hydrogen) atoms. The lowest BCUT2D eigenvalue weighted by molar-refractivity contribution is -0.119. The number of nitrogens with zero attached hydrogens (tertiary/aromatic N) is 4. The maximum atomic E-state index is 12.4. The number of hydrogen-bond donors (Lipinski definition) is 1. The number of aryl methyl sites for hydroxylation is 2. The minimum Gasteiger partial charge on any atom is -0.353 e. The van der Waals surface area contributed by atoms with Gasteiger partial charge in [0.2, 0.25) is 5.91 Å². The van der Waals surface area contributed by atoms with E-state index in [1.807, 2.05) is 48.9 Å². The summed E-state index contributed by atoms with van der Waals surface area (Å²) in [6, 6.07) is 10.4. The Labute approximate surface area is 169 Å². The van der Waals surface area contributed by atoms with Gasteiger partial charge >= 0.3 is 0 Å². The predicted molar refractivity (Wildman–Crippen MR) is 112 cm³/mol. The summed E-state index contributed by atoms with van der Waals surface area (Å²) in [7, 11) is 0. The van der Waals surface area contributed by atoms with Crippen LogP contribution in [0.2, 0.25) is 0 Å². The maximum absolute atomic E-state index is 12.4. The molecule has 0 radical (unpaired) electrons. The first kappa shape index (κ1) is 18.9. The van der Waals surface area contributed by atoms with Gasteiger partial charge in [0.25, 0.3) is 0 Å². The van der Waals surface area contributed by atoms with Gasteiger partial charge in [-0.2, -0.15) is 5.10 Å². The van der Waals surface area contributed by atoms with E-state index < -0.39 is 0 Å². The van der Waals surface area contributed by atoms with Crippen LogP contribution in [0.3, 0.4) is 0 Å². The molecule has 1 fully saturated rings. The van der Waals surface area contributed by atoms with E-state index in [1.165, 1.54) is 31.0 Å². The van der Waals surface area contributed by atoms with Crippen LogP contribution in [-0.4, -0.2) is 37.7 Å². The number of amides is 1. The van der Waals surface area contributed by atoms with Gasteiger partial charge in [-0.05, 0) is 32.8 Å². The van der Waals surface area contributed by atoms with Crippen LogP contribution in [0.15, 0.2) is 35.4 Å². The molecular weight excluding hydrogens is 370 g/mol. The van der Waals surface area contributed by atoms with Crippen molar-refractivity contribution in [3.63, 3.8) is 0 Å². The second-order valence-electron chi connectivity index (χ2n) is 7.40. The van der Waals surface area contributed by atoms with Crippen LogP contribution in [0.1, 0.15) is 43.5 Å². The molecule has 0 saturated heterocycles. The van der Waals surface area contributed by atoms with Gasteiger partial charge < -0.3 is 5.32 Å². The Kier molecular flexibility index (Phi) is 5.62. The Morgan fingerprint density at radius 2 is 1.89 bits per heavy atom. The first-order valence-corrected chi connectivity index (χ1v) is 10.8. The summed E-state index contributed by atoms with van der Waals surface area (Å²) in [6.07, 6.45) is 5.89. The summed E-state index contributed by atoms with van der Waals surface area (Å²) in [5, 5.41) is 19.3. The zero-order valence-electron chi connectivity index (χ0n) is 16.3. The largest absolute Gasteiger partial charge is 0.353 e. The number of carbonyl (C=O) groups is 1. The third-order valence-electron chi connectivity index (χ3n) is 5.15. The molecule has 0 atom stereocenters. The maximum Gasteiger partial charge on any atom is 0.230 e. The van der Waals surface area contributed by atoms with E-state index in [0.717, 1.165) is 45.8 Å². The van der Waals surface area contributed by atoms with Crippen molar-refractivity contribution in [3.8, 4) is 5.82 Å². The van der Waals surface area contributed by atoms with Crippen molar-refractivity contribution in [2.45, 2.75) is 57.0 Å². The number of carbonyl (C=O) groups excluding carboxylic acids is 1. The fourth-order valence-corrected chi connectivity index (χ4v) is 4.60. The summed E-state index contributed by atoms with van der Waals surface area (Å²) in [6.45, 7) is 3.98. The third kappa shape index (κ3) is 4.04. The Bertz CT molecular complexity index is 994. The van der Waals surface area contributed by atoms with Gasteiger partial charge in [0.05, 0.1) is 11.4 Å². The van der Waals surface area contributed by atoms with Crippen molar-refractivity contribution in [2.24, 2.45) is 0 Å². The Morgan fingerprint density at radius 3 is 2.61 bits per heavy atom. The van der Waals surface area contributed by atoms with Crippen molar-refractivity contribution in [1.29, 1.82) is 0 Å². The smallest absolute Gasteiger partial charge is 0.230 e. The Balaban J connectivity index is 1.54. The van der Waals surface area contributed by atoms with Gasteiger partial charge in [0.1, 0.15) is 5.03 Å². The van der Waals surface area contributed by atoms with E-state index in [9.17, 15) is 4.79 Å². The zero-order chi connectivity index (χ0) is 19.5. The number of nitrogens with one attached hydrogen (secondary N) is 1. The molecule has 4 rings (SSSR count). The number of fused-ring (bicyclic) bond motifs is 1. The van der Waals surface area contributed by atoms with Crippen molar-refractivity contribution in [3.05, 3.63) is 41.7 Å². The third-order valence-corrected chi connectivity index (χ3v) is 6.14. The molecular formula is C21H25N5OS. The molecule has 1 aliphatic rings. The van der Waals surface area contributed by atoms with Crippen molar-refractivity contribution >= 4 is 28.4 Å². The average Bonchev–Trinajstić information content (AvgIpc) is 3.04. The number of thioether (sulfide) groups is 1. The van der Waals surface area contributed by atoms with Crippen molar-refractivity contribution in [2.75, 3.05) is 5.75 Å². The lowest BCUT2D eigenvalue weighted by Crippen LogP contribution is -2.37. The highest BCUT2D eigenvalue weighted by Gasteiger charge is 2.17. The molecule has 0 aliphatic heterocycles. The lowest BCUT2D eigenvalue weighted by atomic mass is 9.95. The number of hydrogen-bond acceptors (Lipinski definition) is 5. The molecule has 1 N–H and O–H groups in total. The summed E-state index contributed by atoms with van der Waals surface area (Å²) in [4.78, 5) is 12.4. The van der Waals surface area contributed by atoms with Gasteiger partial charge in [-0.15, -0.1) is 10.2 Å². The van der Waals surface area contributed by atoms with Crippen LogP contribution in [-0.2, 0) is 4.79 Å². The molecule has 7 heteroatoms. The summed E-state index contributed by atoms with van der Waals surface area (Å²) in [5.41, 5.74) is 1.96. The predicted octanol–water partition coefficient (Wildman–Crippen LogP) is 3.97. The topological polar surface area (TPSA) is 72.7 Å². The molecule has 2 aromatic heterocycles. The minimum atomic E-state index is 0.0744. The van der Waals surface area contributed by atoms with Crippen LogP contribution in [0, 0.1) is 13.8 Å². The highest BCUT2D eigenvalue weighted by molar-refractivity contribution is 8.00. The molecule has 6 nitrogen and oxygen atoms in total. The minimum absolute atomic E-state index is 0.0744.